The Morgan fingerprint density at radius 1 is 1.03 bits per heavy atom. The number of nitrogens with zero attached hydrogens (tertiary/aromatic N) is 2. The van der Waals surface area contributed by atoms with Crippen molar-refractivity contribution >= 4 is 29.5 Å². The minimum Gasteiger partial charge on any atom is -0.497 e. The van der Waals surface area contributed by atoms with Gasteiger partial charge in [-0.05, 0) is 67.6 Å². The zero-order chi connectivity index (χ0) is 24.6. The first kappa shape index (κ1) is 23.9. The zero-order valence-corrected chi connectivity index (χ0v) is 20.6. The second kappa shape index (κ2) is 9.64. The van der Waals surface area contributed by atoms with Gasteiger partial charge in [-0.1, -0.05) is 12.1 Å². The first-order chi connectivity index (χ1) is 16.9. The second-order valence-electron chi connectivity index (χ2n) is 9.62. The molecule has 6 nitrogen and oxygen atoms in total. The first-order valence-electron chi connectivity index (χ1n) is 12.1. The van der Waals surface area contributed by atoms with Gasteiger partial charge in [0.15, 0.2) is 0 Å². The third-order valence-electron chi connectivity index (χ3n) is 7.27. The van der Waals surface area contributed by atoms with Gasteiger partial charge in [0, 0.05) is 42.1 Å². The lowest BCUT2D eigenvalue weighted by Gasteiger charge is -2.35. The van der Waals surface area contributed by atoms with Gasteiger partial charge in [-0.15, -0.1) is 11.8 Å². The molecule has 0 N–H and O–H groups in total. The van der Waals surface area contributed by atoms with Gasteiger partial charge in [-0.3, -0.25) is 19.3 Å². The number of rotatable bonds is 7. The quantitative estimate of drug-likeness (QED) is 0.539. The number of amides is 3. The van der Waals surface area contributed by atoms with E-state index in [2.05, 4.69) is 0 Å². The van der Waals surface area contributed by atoms with Gasteiger partial charge < -0.3 is 9.64 Å². The van der Waals surface area contributed by atoms with E-state index < -0.39 is 5.41 Å². The van der Waals surface area contributed by atoms with E-state index in [0.717, 1.165) is 30.6 Å². The summed E-state index contributed by atoms with van der Waals surface area (Å²) in [5.41, 5.74) is -0.474. The van der Waals surface area contributed by atoms with Gasteiger partial charge in [0.25, 0.3) is 0 Å². The molecule has 2 saturated heterocycles. The molecule has 1 atom stereocenters. The molecule has 3 amide bonds. The molecular formula is C27H29FN2O4S. The van der Waals surface area contributed by atoms with Gasteiger partial charge in [0.1, 0.15) is 11.6 Å². The third-order valence-corrected chi connectivity index (χ3v) is 8.62. The summed E-state index contributed by atoms with van der Waals surface area (Å²) in [4.78, 5) is 44.3. The van der Waals surface area contributed by atoms with E-state index in [1.54, 1.807) is 55.3 Å². The predicted octanol–water partition coefficient (Wildman–Crippen LogP) is 4.17. The number of imide groups is 1. The van der Waals surface area contributed by atoms with Crippen LogP contribution in [0.5, 0.6) is 5.75 Å². The van der Waals surface area contributed by atoms with Crippen molar-refractivity contribution in [2.45, 2.75) is 60.1 Å². The van der Waals surface area contributed by atoms with Crippen LogP contribution in [0.15, 0.2) is 53.4 Å². The highest BCUT2D eigenvalue weighted by molar-refractivity contribution is 8.00. The smallest absolute Gasteiger partial charge is 0.241 e. The molecule has 2 aromatic rings. The molecule has 0 radical (unpaired) electrons. The average molecular weight is 497 g/mol. The highest BCUT2D eigenvalue weighted by atomic mass is 32.2. The van der Waals surface area contributed by atoms with E-state index in [1.165, 1.54) is 17.0 Å². The fourth-order valence-electron chi connectivity index (χ4n) is 5.14. The van der Waals surface area contributed by atoms with E-state index in [4.69, 9.17) is 4.74 Å². The number of methoxy groups -OCH3 is 1. The van der Waals surface area contributed by atoms with E-state index in [9.17, 15) is 18.8 Å². The summed E-state index contributed by atoms with van der Waals surface area (Å²) in [6.45, 7) is 1.20. The molecule has 2 aliphatic heterocycles. The molecule has 184 valence electrons. The van der Waals surface area contributed by atoms with Gasteiger partial charge in [0.2, 0.25) is 17.7 Å². The summed E-state index contributed by atoms with van der Waals surface area (Å²) in [5.74, 6) is -0.113. The Balaban J connectivity index is 1.29. The minimum atomic E-state index is -1.16. The molecule has 3 fully saturated rings. The normalized spacial score (nSPS) is 23.1. The lowest BCUT2D eigenvalue weighted by molar-refractivity contribution is -0.143. The van der Waals surface area contributed by atoms with Crippen LogP contribution < -0.4 is 4.74 Å². The van der Waals surface area contributed by atoms with Crippen LogP contribution >= 0.6 is 11.8 Å². The van der Waals surface area contributed by atoms with Crippen molar-refractivity contribution in [1.29, 1.82) is 0 Å². The molecule has 3 aliphatic rings. The molecule has 2 heterocycles. The van der Waals surface area contributed by atoms with E-state index >= 15 is 0 Å². The van der Waals surface area contributed by atoms with E-state index in [-0.39, 0.29) is 42.4 Å². The Morgan fingerprint density at radius 2 is 1.69 bits per heavy atom. The Hall–Kier alpha value is -2.87. The maximum atomic E-state index is 13.6. The summed E-state index contributed by atoms with van der Waals surface area (Å²) in [6, 6.07) is 13.6. The Bertz CT molecular complexity index is 1110. The van der Waals surface area contributed by atoms with Crippen molar-refractivity contribution in [2.75, 3.05) is 20.2 Å². The number of thioether (sulfide) groups is 1. The molecule has 2 aromatic carbocycles. The van der Waals surface area contributed by atoms with Crippen molar-refractivity contribution in [3.8, 4) is 5.75 Å². The number of likely N-dealkylation sites (tertiary alicyclic amines) is 2. The zero-order valence-electron chi connectivity index (χ0n) is 19.7. The van der Waals surface area contributed by atoms with Gasteiger partial charge in [0.05, 0.1) is 12.5 Å². The lowest BCUT2D eigenvalue weighted by atomic mass is 9.75. The van der Waals surface area contributed by atoms with Gasteiger partial charge >= 0.3 is 0 Å². The fourth-order valence-corrected chi connectivity index (χ4v) is 6.26. The molecule has 0 bridgehead atoms. The van der Waals surface area contributed by atoms with Crippen molar-refractivity contribution in [3.05, 3.63) is 59.9 Å². The summed E-state index contributed by atoms with van der Waals surface area (Å²) < 4.78 is 18.4. The molecule has 0 unspecified atom stereocenters. The van der Waals surface area contributed by atoms with Crippen molar-refractivity contribution in [1.82, 2.24) is 9.80 Å². The Labute approximate surface area is 208 Å². The van der Waals surface area contributed by atoms with Crippen LogP contribution in [0, 0.1) is 5.82 Å². The first-order valence-corrected chi connectivity index (χ1v) is 13.0. The SMILES string of the molecule is COc1ccc([C@@]2(CC(=O)N3CCC(Sc4ccc(F)cc4)CC3)CC(=O)N(C3CC3)C2=O)cc1. The van der Waals surface area contributed by atoms with Crippen LogP contribution in [-0.4, -0.2) is 59.0 Å². The van der Waals surface area contributed by atoms with Crippen molar-refractivity contribution in [2.24, 2.45) is 0 Å². The van der Waals surface area contributed by atoms with Gasteiger partial charge in [-0.25, -0.2) is 4.39 Å². The van der Waals surface area contributed by atoms with Crippen LogP contribution in [0.3, 0.4) is 0 Å². The number of ether oxygens (including phenoxy) is 1. The number of carbonyl (C=O) groups is 3. The third kappa shape index (κ3) is 4.81. The number of carbonyl (C=O) groups excluding carboxylic acids is 3. The summed E-state index contributed by atoms with van der Waals surface area (Å²) in [6.07, 6.45) is 3.33. The fraction of sp³-hybridized carbons (Fsp3) is 0.444. The minimum absolute atomic E-state index is 0.0110. The predicted molar refractivity (Wildman–Crippen MR) is 131 cm³/mol. The molecule has 35 heavy (non-hydrogen) atoms. The van der Waals surface area contributed by atoms with Crippen LogP contribution in [0.25, 0.3) is 0 Å². The summed E-state index contributed by atoms with van der Waals surface area (Å²) in [5, 5.41) is 0.347. The molecule has 1 saturated carbocycles. The monoisotopic (exact) mass is 496 g/mol. The van der Waals surface area contributed by atoms with Crippen molar-refractivity contribution in [3.63, 3.8) is 0 Å². The van der Waals surface area contributed by atoms with Crippen LogP contribution in [-0.2, 0) is 19.8 Å². The highest BCUT2D eigenvalue weighted by Crippen LogP contribution is 2.45. The number of hydrogen-bond donors (Lipinski definition) is 0. The van der Waals surface area contributed by atoms with Gasteiger partial charge in [-0.2, -0.15) is 0 Å². The van der Waals surface area contributed by atoms with Crippen LogP contribution in [0.4, 0.5) is 4.39 Å². The number of halogens is 1. The number of benzene rings is 2. The molecule has 0 aromatic heterocycles. The standard InChI is InChI=1S/C27H29FN2O4S/c1-34-21-8-2-18(3-9-21)27(17-25(32)30(26(27)33)20-6-7-20)16-24(31)29-14-12-23(13-15-29)35-22-10-4-19(28)5-11-22/h2-5,8-11,20,23H,6-7,12-17H2,1H3/t27-/m1/s1. The maximum Gasteiger partial charge on any atom is 0.241 e. The van der Waals surface area contributed by atoms with Crippen LogP contribution in [0.2, 0.25) is 0 Å². The maximum absolute atomic E-state index is 13.6. The van der Waals surface area contributed by atoms with Crippen LogP contribution in [0.1, 0.15) is 44.1 Å². The molecule has 0 spiro atoms. The van der Waals surface area contributed by atoms with E-state index in [0.29, 0.717) is 29.7 Å². The molecular weight excluding hydrogens is 467 g/mol. The van der Waals surface area contributed by atoms with Crippen molar-refractivity contribution < 1.29 is 23.5 Å². The summed E-state index contributed by atoms with van der Waals surface area (Å²) >= 11 is 1.71. The second-order valence-corrected chi connectivity index (χ2v) is 11.0. The largest absolute Gasteiger partial charge is 0.497 e. The Kier molecular flexibility index (Phi) is 6.57. The average Bonchev–Trinajstić information content (AvgIpc) is 3.67. The topological polar surface area (TPSA) is 66.9 Å². The van der Waals surface area contributed by atoms with E-state index in [1.807, 2.05) is 4.90 Å². The summed E-state index contributed by atoms with van der Waals surface area (Å²) in [7, 11) is 1.57. The number of hydrogen-bond acceptors (Lipinski definition) is 5. The highest BCUT2D eigenvalue weighted by Gasteiger charge is 2.57. The molecule has 5 rings (SSSR count). The number of piperidine rings is 1. The molecule has 1 aliphatic carbocycles. The lowest BCUT2D eigenvalue weighted by Crippen LogP contribution is -2.46. The Morgan fingerprint density at radius 3 is 2.29 bits per heavy atom. The molecule has 8 heteroatoms.